The fraction of sp³-hybridized carbons (Fsp3) is 0.529. The average Bonchev–Trinajstić information content (AvgIpc) is 3.45. The van der Waals surface area contributed by atoms with Crippen LogP contribution in [0.15, 0.2) is 29.2 Å². The average molecular weight is 365 g/mol. The van der Waals surface area contributed by atoms with Crippen LogP contribution in [0, 0.1) is 11.8 Å². The first-order valence-electron chi connectivity index (χ1n) is 8.58. The quantitative estimate of drug-likeness (QED) is 0.786. The van der Waals surface area contributed by atoms with Gasteiger partial charge >= 0.3 is 0 Å². The molecule has 7 nitrogen and oxygen atoms in total. The molecule has 136 valence electrons. The minimum Gasteiger partial charge on any atom is -0.273 e. The summed E-state index contributed by atoms with van der Waals surface area (Å²) in [7, 11) is -3.52. The van der Waals surface area contributed by atoms with E-state index in [-0.39, 0.29) is 16.7 Å². The number of nitrogens with one attached hydrogen (secondary N) is 2. The normalized spacial score (nSPS) is 19.4. The van der Waals surface area contributed by atoms with Crippen LogP contribution in [-0.2, 0) is 14.8 Å². The van der Waals surface area contributed by atoms with Gasteiger partial charge in [0.1, 0.15) is 0 Å². The number of carbonyl (C=O) groups excluding carboxylic acids is 2. The van der Waals surface area contributed by atoms with E-state index in [0.29, 0.717) is 24.6 Å². The molecule has 1 aromatic carbocycles. The number of nitrogens with zero attached hydrogens (tertiary/aromatic N) is 1. The number of amides is 2. The predicted octanol–water partition coefficient (Wildman–Crippen LogP) is 1.28. The lowest BCUT2D eigenvalue weighted by atomic mass is 10.0. The summed E-state index contributed by atoms with van der Waals surface area (Å²) in [5, 5.41) is 0. The van der Waals surface area contributed by atoms with E-state index in [2.05, 4.69) is 17.8 Å². The molecule has 2 fully saturated rings. The SMILES string of the molecule is CC1CCN(S(=O)(=O)c2ccc(C(=O)NNC(=O)C3CC3)cc2)CC1. The molecule has 2 amide bonds. The maximum Gasteiger partial charge on any atom is 0.269 e. The van der Waals surface area contributed by atoms with Crippen LogP contribution in [0.5, 0.6) is 0 Å². The molecule has 1 aromatic rings. The minimum absolute atomic E-state index is 0.0000742. The van der Waals surface area contributed by atoms with E-state index in [0.717, 1.165) is 25.7 Å². The standard InChI is InChI=1S/C17H23N3O4S/c1-12-8-10-20(11-9-12)25(23,24)15-6-4-14(5-7-15)17(22)19-18-16(21)13-2-3-13/h4-7,12-13H,2-3,8-11H2,1H3,(H,18,21)(H,19,22). The Labute approximate surface area is 147 Å². The van der Waals surface area contributed by atoms with Crippen LogP contribution in [0.1, 0.15) is 43.0 Å². The molecule has 2 N–H and O–H groups in total. The molecule has 0 unspecified atom stereocenters. The maximum atomic E-state index is 12.6. The lowest BCUT2D eigenvalue weighted by Crippen LogP contribution is -2.42. The Morgan fingerprint density at radius 1 is 1.00 bits per heavy atom. The number of hydrogen-bond donors (Lipinski definition) is 2. The molecule has 1 heterocycles. The van der Waals surface area contributed by atoms with Gasteiger partial charge in [-0.25, -0.2) is 8.42 Å². The Bertz CT molecular complexity index is 749. The van der Waals surface area contributed by atoms with Gasteiger partial charge in [-0.1, -0.05) is 6.92 Å². The van der Waals surface area contributed by atoms with Gasteiger partial charge in [-0.3, -0.25) is 20.4 Å². The Morgan fingerprint density at radius 2 is 1.60 bits per heavy atom. The number of piperidine rings is 1. The van der Waals surface area contributed by atoms with E-state index in [1.54, 1.807) is 0 Å². The van der Waals surface area contributed by atoms with Crippen molar-refractivity contribution in [3.8, 4) is 0 Å². The third-order valence-electron chi connectivity index (χ3n) is 4.74. The fourth-order valence-corrected chi connectivity index (χ4v) is 4.26. The first-order chi connectivity index (χ1) is 11.9. The molecule has 3 rings (SSSR count). The second-order valence-corrected chi connectivity index (χ2v) is 8.77. The Morgan fingerprint density at radius 3 is 2.16 bits per heavy atom. The monoisotopic (exact) mass is 365 g/mol. The summed E-state index contributed by atoms with van der Waals surface area (Å²) in [6, 6.07) is 5.78. The Balaban J connectivity index is 1.62. The summed E-state index contributed by atoms with van der Waals surface area (Å²) in [6.07, 6.45) is 3.42. The number of rotatable bonds is 4. The lowest BCUT2D eigenvalue weighted by Gasteiger charge is -2.29. The van der Waals surface area contributed by atoms with Crippen LogP contribution in [0.4, 0.5) is 0 Å². The molecular weight excluding hydrogens is 342 g/mol. The van der Waals surface area contributed by atoms with Crippen molar-refractivity contribution in [2.75, 3.05) is 13.1 Å². The molecule has 2 aliphatic rings. The van der Waals surface area contributed by atoms with Gasteiger partial charge in [-0.2, -0.15) is 4.31 Å². The lowest BCUT2D eigenvalue weighted by molar-refractivity contribution is -0.123. The highest BCUT2D eigenvalue weighted by molar-refractivity contribution is 7.89. The number of hydrogen-bond acceptors (Lipinski definition) is 4. The van der Waals surface area contributed by atoms with E-state index in [4.69, 9.17) is 0 Å². The summed E-state index contributed by atoms with van der Waals surface area (Å²) in [5.74, 6) is -0.111. The third-order valence-corrected chi connectivity index (χ3v) is 6.66. The van der Waals surface area contributed by atoms with Crippen LogP contribution in [0.2, 0.25) is 0 Å². The molecule has 1 aliphatic heterocycles. The Hall–Kier alpha value is -1.93. The molecule has 1 saturated carbocycles. The molecule has 0 bridgehead atoms. The number of benzene rings is 1. The molecule has 0 aromatic heterocycles. The van der Waals surface area contributed by atoms with Gasteiger partial charge in [-0.15, -0.1) is 0 Å². The second kappa shape index (κ2) is 7.13. The van der Waals surface area contributed by atoms with E-state index >= 15 is 0 Å². The first-order valence-corrected chi connectivity index (χ1v) is 10.0. The summed E-state index contributed by atoms with van der Waals surface area (Å²) >= 11 is 0. The van der Waals surface area contributed by atoms with E-state index in [1.165, 1.54) is 28.6 Å². The molecule has 25 heavy (non-hydrogen) atoms. The van der Waals surface area contributed by atoms with Crippen molar-refractivity contribution in [3.05, 3.63) is 29.8 Å². The van der Waals surface area contributed by atoms with Crippen LogP contribution in [0.3, 0.4) is 0 Å². The van der Waals surface area contributed by atoms with Crippen molar-refractivity contribution in [1.82, 2.24) is 15.2 Å². The molecule has 1 saturated heterocycles. The number of carbonyl (C=O) groups is 2. The topological polar surface area (TPSA) is 95.6 Å². The van der Waals surface area contributed by atoms with Crippen LogP contribution < -0.4 is 10.9 Å². The third kappa shape index (κ3) is 4.19. The highest BCUT2D eigenvalue weighted by Gasteiger charge is 2.30. The largest absolute Gasteiger partial charge is 0.273 e. The van der Waals surface area contributed by atoms with Crippen molar-refractivity contribution in [2.45, 2.75) is 37.5 Å². The summed E-state index contributed by atoms with van der Waals surface area (Å²) in [4.78, 5) is 23.7. The molecular formula is C17H23N3O4S. The predicted molar refractivity (Wildman–Crippen MR) is 91.9 cm³/mol. The van der Waals surface area contributed by atoms with Crippen molar-refractivity contribution in [1.29, 1.82) is 0 Å². The van der Waals surface area contributed by atoms with Gasteiger partial charge in [0, 0.05) is 24.6 Å². The zero-order chi connectivity index (χ0) is 18.0. The zero-order valence-electron chi connectivity index (χ0n) is 14.2. The number of hydrazine groups is 1. The second-order valence-electron chi connectivity index (χ2n) is 6.83. The smallest absolute Gasteiger partial charge is 0.269 e. The highest BCUT2D eigenvalue weighted by Crippen LogP contribution is 2.28. The van der Waals surface area contributed by atoms with Crippen molar-refractivity contribution in [2.24, 2.45) is 11.8 Å². The molecule has 0 radical (unpaired) electrons. The first kappa shape index (κ1) is 17.9. The molecule has 8 heteroatoms. The van der Waals surface area contributed by atoms with Gasteiger partial charge in [0.05, 0.1) is 4.90 Å². The van der Waals surface area contributed by atoms with Crippen molar-refractivity contribution >= 4 is 21.8 Å². The van der Waals surface area contributed by atoms with E-state index < -0.39 is 15.9 Å². The van der Waals surface area contributed by atoms with E-state index in [1.807, 2.05) is 0 Å². The molecule has 0 atom stereocenters. The zero-order valence-corrected chi connectivity index (χ0v) is 15.0. The van der Waals surface area contributed by atoms with Crippen LogP contribution >= 0.6 is 0 Å². The molecule has 0 spiro atoms. The summed E-state index contributed by atoms with van der Waals surface area (Å²) in [5.41, 5.74) is 5.02. The number of sulfonamides is 1. The summed E-state index contributed by atoms with van der Waals surface area (Å²) in [6.45, 7) is 3.18. The van der Waals surface area contributed by atoms with Crippen molar-refractivity contribution in [3.63, 3.8) is 0 Å². The highest BCUT2D eigenvalue weighted by atomic mass is 32.2. The minimum atomic E-state index is -3.52. The van der Waals surface area contributed by atoms with Crippen molar-refractivity contribution < 1.29 is 18.0 Å². The van der Waals surface area contributed by atoms with Crippen LogP contribution in [-0.4, -0.2) is 37.6 Å². The fourth-order valence-electron chi connectivity index (χ4n) is 2.79. The maximum absolute atomic E-state index is 12.6. The van der Waals surface area contributed by atoms with Gasteiger partial charge in [0.25, 0.3) is 5.91 Å². The van der Waals surface area contributed by atoms with Crippen LogP contribution in [0.25, 0.3) is 0 Å². The van der Waals surface area contributed by atoms with Gasteiger partial charge < -0.3 is 0 Å². The Kier molecular flexibility index (Phi) is 5.10. The summed E-state index contributed by atoms with van der Waals surface area (Å²) < 4.78 is 26.8. The van der Waals surface area contributed by atoms with E-state index in [9.17, 15) is 18.0 Å². The van der Waals surface area contributed by atoms with Gasteiger partial charge in [0.15, 0.2) is 0 Å². The molecule has 1 aliphatic carbocycles. The van der Waals surface area contributed by atoms with Gasteiger partial charge in [-0.05, 0) is 55.9 Å². The van der Waals surface area contributed by atoms with Gasteiger partial charge in [0.2, 0.25) is 15.9 Å².